The Morgan fingerprint density at radius 2 is 0.281 bits per heavy atom. The first-order valence-corrected chi connectivity index (χ1v) is 30.1. The highest BCUT2D eigenvalue weighted by molar-refractivity contribution is 5.73. The first-order chi connectivity index (χ1) is 31.6. The van der Waals surface area contributed by atoms with E-state index in [0.29, 0.717) is 12.8 Å². The largest absolute Gasteiger partial charge is 0.481 e. The van der Waals surface area contributed by atoms with Crippen LogP contribution in [0.3, 0.4) is 0 Å². The normalized spacial score (nSPS) is 11.6. The van der Waals surface area contributed by atoms with Gasteiger partial charge in [0, 0.05) is 12.8 Å². The van der Waals surface area contributed by atoms with Gasteiger partial charge in [-0.3, -0.25) is 9.59 Å². The molecule has 0 radical (unpaired) electrons. The fraction of sp³-hybridized carbons (Fsp3) is 0.967. The van der Waals surface area contributed by atoms with Gasteiger partial charge in [0.1, 0.15) is 0 Å². The van der Waals surface area contributed by atoms with Crippen molar-refractivity contribution in [2.24, 2.45) is 5.73 Å². The lowest BCUT2D eigenvalue weighted by molar-refractivity contribution is -0.137. The van der Waals surface area contributed by atoms with Gasteiger partial charge in [0.25, 0.3) is 0 Å². The number of hydrogen-bond donors (Lipinski definition) is 2. The Kier molecular flexibility index (Phi) is 57.1. The summed E-state index contributed by atoms with van der Waals surface area (Å²) in [4.78, 5) is 21.3. The van der Waals surface area contributed by atoms with E-state index in [1.807, 2.05) is 0 Å². The monoisotopic (exact) mass is 902 g/mol. The summed E-state index contributed by atoms with van der Waals surface area (Å²) in [5.74, 6) is -0.795. The second kappa shape index (κ2) is 58.1. The maximum atomic E-state index is 10.7. The molecule has 0 fully saturated rings. The second-order valence-electron chi connectivity index (χ2n) is 21.2. The summed E-state index contributed by atoms with van der Waals surface area (Å²) < 4.78 is 0. The van der Waals surface area contributed by atoms with Crippen LogP contribution < -0.4 is 5.73 Å². The van der Waals surface area contributed by atoms with Gasteiger partial charge in [-0.2, -0.15) is 0 Å². The van der Waals surface area contributed by atoms with Gasteiger partial charge in [-0.15, -0.1) is 0 Å². The summed E-state index contributed by atoms with van der Waals surface area (Å²) in [7, 11) is 0. The number of carboxylic acid groups (broad SMARTS) is 1. The van der Waals surface area contributed by atoms with Gasteiger partial charge < -0.3 is 10.8 Å². The highest BCUT2D eigenvalue weighted by Crippen LogP contribution is 2.19. The molecule has 0 aliphatic heterocycles. The number of hydrogen-bond acceptors (Lipinski definition) is 2. The lowest BCUT2D eigenvalue weighted by Crippen LogP contribution is -2.09. The molecule has 3 N–H and O–H groups in total. The predicted molar refractivity (Wildman–Crippen MR) is 285 cm³/mol. The van der Waals surface area contributed by atoms with Crippen LogP contribution in [0.15, 0.2) is 0 Å². The second-order valence-corrected chi connectivity index (χ2v) is 21.2. The molecular weight excluding hydrogens is 783 g/mol. The van der Waals surface area contributed by atoms with Gasteiger partial charge >= 0.3 is 5.97 Å². The Bertz CT molecular complexity index is 805. The maximum absolute atomic E-state index is 10.7. The molecule has 382 valence electrons. The first-order valence-electron chi connectivity index (χ1n) is 30.1. The molecule has 0 aromatic carbocycles. The lowest BCUT2D eigenvalue weighted by atomic mass is 10.0. The third-order valence-corrected chi connectivity index (χ3v) is 14.6. The quantitative estimate of drug-likeness (QED) is 0.0597. The van der Waals surface area contributed by atoms with Crippen LogP contribution >= 0.6 is 0 Å². The van der Waals surface area contributed by atoms with Crippen LogP contribution in [0.4, 0.5) is 0 Å². The van der Waals surface area contributed by atoms with Crippen molar-refractivity contribution in [3.05, 3.63) is 0 Å². The Hall–Kier alpha value is -1.06. The molecule has 0 saturated carbocycles. The van der Waals surface area contributed by atoms with E-state index < -0.39 is 5.97 Å². The molecule has 0 spiro atoms. The highest BCUT2D eigenvalue weighted by Gasteiger charge is 2.01. The Morgan fingerprint density at radius 3 is 0.375 bits per heavy atom. The van der Waals surface area contributed by atoms with Crippen molar-refractivity contribution >= 4 is 11.9 Å². The number of carbonyl (C=O) groups is 2. The average molecular weight is 903 g/mol. The number of aliphatic carboxylic acids is 1. The van der Waals surface area contributed by atoms with Gasteiger partial charge in [-0.05, 0) is 12.8 Å². The number of nitrogens with two attached hydrogens (primary N) is 1. The average Bonchev–Trinajstić information content (AvgIpc) is 3.28. The van der Waals surface area contributed by atoms with Crippen LogP contribution in [0.25, 0.3) is 0 Å². The number of carboxylic acids is 1. The van der Waals surface area contributed by atoms with Gasteiger partial charge in [-0.1, -0.05) is 347 Å². The van der Waals surface area contributed by atoms with E-state index >= 15 is 0 Å². The summed E-state index contributed by atoms with van der Waals surface area (Å²) in [6.45, 7) is 0. The molecule has 0 unspecified atom stereocenters. The van der Waals surface area contributed by atoms with Crippen LogP contribution in [0.1, 0.15) is 372 Å². The fourth-order valence-corrected chi connectivity index (χ4v) is 10.1. The van der Waals surface area contributed by atoms with Crippen molar-refractivity contribution < 1.29 is 14.7 Å². The van der Waals surface area contributed by atoms with Gasteiger partial charge in [0.2, 0.25) is 5.91 Å². The van der Waals surface area contributed by atoms with Crippen molar-refractivity contribution in [2.45, 2.75) is 372 Å². The van der Waals surface area contributed by atoms with E-state index in [-0.39, 0.29) is 5.91 Å². The van der Waals surface area contributed by atoms with Crippen LogP contribution in [0.5, 0.6) is 0 Å². The summed E-state index contributed by atoms with van der Waals surface area (Å²) in [5, 5.41) is 8.68. The Labute approximate surface area is 403 Å². The Morgan fingerprint density at radius 1 is 0.188 bits per heavy atom. The Balaban J connectivity index is 3.07. The number of carbonyl (C=O) groups excluding carboxylic acids is 1. The zero-order valence-corrected chi connectivity index (χ0v) is 43.9. The number of amides is 1. The van der Waals surface area contributed by atoms with E-state index in [2.05, 4.69) is 0 Å². The minimum atomic E-state index is -0.647. The van der Waals surface area contributed by atoms with Gasteiger partial charge in [-0.25, -0.2) is 0 Å². The molecule has 0 aromatic rings. The summed E-state index contributed by atoms with van der Waals surface area (Å²) >= 11 is 0. The van der Waals surface area contributed by atoms with E-state index in [4.69, 9.17) is 10.8 Å². The number of primary amides is 1. The molecule has 0 aliphatic rings. The SMILES string of the molecule is NC(=O)CCCCCCCCCCCCCCCCCCCCCCCCCCCCCCCCCCCCCCCCCCCCCCCCCCCCCCCCCCC(=O)O. The smallest absolute Gasteiger partial charge is 0.303 e. The molecule has 1 amide bonds. The van der Waals surface area contributed by atoms with E-state index in [0.717, 1.165) is 19.3 Å². The minimum absolute atomic E-state index is 0.148. The highest BCUT2D eigenvalue weighted by atomic mass is 16.4. The third kappa shape index (κ3) is 60.9. The molecule has 0 saturated heterocycles. The molecular formula is C60H119NO3. The summed E-state index contributed by atoms with van der Waals surface area (Å²) in [5.41, 5.74) is 5.20. The molecule has 0 aromatic heterocycles. The maximum Gasteiger partial charge on any atom is 0.303 e. The van der Waals surface area contributed by atoms with E-state index in [1.54, 1.807) is 0 Å². The predicted octanol–water partition coefficient (Wildman–Crippen LogP) is 21.2. The van der Waals surface area contributed by atoms with E-state index in [9.17, 15) is 9.59 Å². The van der Waals surface area contributed by atoms with Crippen LogP contribution in [0.2, 0.25) is 0 Å². The molecule has 0 bridgehead atoms. The summed E-state index contributed by atoms with van der Waals surface area (Å²) in [6.07, 6.45) is 80.0. The molecule has 0 aliphatic carbocycles. The summed E-state index contributed by atoms with van der Waals surface area (Å²) in [6, 6.07) is 0. The van der Waals surface area contributed by atoms with Crippen molar-refractivity contribution in [3.8, 4) is 0 Å². The zero-order chi connectivity index (χ0) is 46.2. The van der Waals surface area contributed by atoms with Crippen LogP contribution in [0, 0.1) is 0 Å². The molecule has 4 nitrogen and oxygen atoms in total. The lowest BCUT2D eigenvalue weighted by Gasteiger charge is -2.05. The van der Waals surface area contributed by atoms with Crippen molar-refractivity contribution in [1.29, 1.82) is 0 Å². The van der Waals surface area contributed by atoms with Crippen molar-refractivity contribution in [2.75, 3.05) is 0 Å². The molecule has 0 rings (SSSR count). The number of rotatable bonds is 59. The van der Waals surface area contributed by atoms with Crippen LogP contribution in [-0.2, 0) is 9.59 Å². The fourth-order valence-electron chi connectivity index (χ4n) is 10.1. The van der Waals surface area contributed by atoms with Gasteiger partial charge in [0.05, 0.1) is 0 Å². The molecule has 64 heavy (non-hydrogen) atoms. The minimum Gasteiger partial charge on any atom is -0.481 e. The molecule has 4 heteroatoms. The first kappa shape index (κ1) is 62.9. The molecule has 0 heterocycles. The van der Waals surface area contributed by atoms with Crippen molar-refractivity contribution in [1.82, 2.24) is 0 Å². The van der Waals surface area contributed by atoms with E-state index in [1.165, 1.54) is 340 Å². The third-order valence-electron chi connectivity index (χ3n) is 14.6. The number of unbranched alkanes of at least 4 members (excludes halogenated alkanes) is 55. The molecule has 0 atom stereocenters. The van der Waals surface area contributed by atoms with Crippen molar-refractivity contribution in [3.63, 3.8) is 0 Å². The van der Waals surface area contributed by atoms with Crippen LogP contribution in [-0.4, -0.2) is 17.0 Å². The topological polar surface area (TPSA) is 80.4 Å². The zero-order valence-electron chi connectivity index (χ0n) is 43.9. The van der Waals surface area contributed by atoms with Gasteiger partial charge in [0.15, 0.2) is 0 Å². The standard InChI is InChI=1S/C60H119NO3/c61-59(62)57-55-53-51-49-47-45-43-41-39-37-35-33-31-29-27-25-23-21-19-17-15-13-11-9-7-5-3-1-2-4-6-8-10-12-14-16-18-20-22-24-26-28-30-32-34-36-38-40-42-44-46-48-50-52-54-56-58-60(63)64/h1-58H2,(H2,61,62)(H,63,64).